The lowest BCUT2D eigenvalue weighted by Crippen LogP contribution is -2.09. The molecule has 0 atom stereocenters. The quantitative estimate of drug-likeness (QED) is 0.549. The van der Waals surface area contributed by atoms with Crippen LogP contribution in [0.1, 0.15) is 16.8 Å². The lowest BCUT2D eigenvalue weighted by Gasteiger charge is -1.98. The molecule has 1 aromatic carbocycles. The zero-order valence-electron chi connectivity index (χ0n) is 8.03. The second-order valence-corrected chi connectivity index (χ2v) is 3.80. The van der Waals surface area contributed by atoms with E-state index in [0.29, 0.717) is 11.3 Å². The molecule has 3 heteroatoms. The molecule has 0 saturated heterocycles. The smallest absolute Gasteiger partial charge is 0.170 e. The van der Waals surface area contributed by atoms with Gasteiger partial charge in [0, 0.05) is 5.56 Å². The van der Waals surface area contributed by atoms with Gasteiger partial charge in [-0.05, 0) is 6.26 Å². The van der Waals surface area contributed by atoms with Gasteiger partial charge in [0.15, 0.2) is 5.78 Å². The first kappa shape index (κ1) is 11.0. The van der Waals surface area contributed by atoms with Crippen molar-refractivity contribution in [1.29, 1.82) is 0 Å². The van der Waals surface area contributed by atoms with Crippen LogP contribution in [0.2, 0.25) is 0 Å². The molecule has 0 aliphatic carbocycles. The number of rotatable bonds is 5. The Morgan fingerprint density at radius 1 is 1.21 bits per heavy atom. The summed E-state index contributed by atoms with van der Waals surface area (Å²) in [5.41, 5.74) is 0.613. The van der Waals surface area contributed by atoms with Gasteiger partial charge in [0.2, 0.25) is 0 Å². The van der Waals surface area contributed by atoms with Crippen LogP contribution in [0.5, 0.6) is 0 Å². The number of hydrogen-bond donors (Lipinski definition) is 0. The fourth-order valence-electron chi connectivity index (χ4n) is 1.12. The van der Waals surface area contributed by atoms with E-state index in [9.17, 15) is 9.59 Å². The van der Waals surface area contributed by atoms with Gasteiger partial charge in [-0.3, -0.25) is 9.59 Å². The summed E-state index contributed by atoms with van der Waals surface area (Å²) < 4.78 is 0. The molecule has 1 aromatic rings. The van der Waals surface area contributed by atoms with E-state index in [-0.39, 0.29) is 18.0 Å². The van der Waals surface area contributed by atoms with Crippen molar-refractivity contribution in [3.05, 3.63) is 35.9 Å². The molecule has 0 saturated carbocycles. The van der Waals surface area contributed by atoms with E-state index >= 15 is 0 Å². The van der Waals surface area contributed by atoms with Gasteiger partial charge in [-0.25, -0.2) is 0 Å². The molecule has 0 amide bonds. The molecule has 0 radical (unpaired) electrons. The van der Waals surface area contributed by atoms with Crippen LogP contribution in [0.15, 0.2) is 30.3 Å². The molecule has 0 fully saturated rings. The predicted octanol–water partition coefficient (Wildman–Crippen LogP) is 2.19. The molecule has 0 aliphatic heterocycles. The molecule has 0 heterocycles. The van der Waals surface area contributed by atoms with Gasteiger partial charge in [0.05, 0.1) is 12.2 Å². The summed E-state index contributed by atoms with van der Waals surface area (Å²) in [4.78, 5) is 22.7. The highest BCUT2D eigenvalue weighted by Gasteiger charge is 2.10. The molecule has 2 nitrogen and oxygen atoms in total. The van der Waals surface area contributed by atoms with Gasteiger partial charge in [0.1, 0.15) is 5.78 Å². The van der Waals surface area contributed by atoms with E-state index in [1.54, 1.807) is 24.3 Å². The normalized spacial score (nSPS) is 9.79. The van der Waals surface area contributed by atoms with E-state index in [4.69, 9.17) is 0 Å². The first-order chi connectivity index (χ1) is 6.74. The second kappa shape index (κ2) is 5.60. The Morgan fingerprint density at radius 2 is 1.86 bits per heavy atom. The van der Waals surface area contributed by atoms with Crippen molar-refractivity contribution < 1.29 is 9.59 Å². The van der Waals surface area contributed by atoms with E-state index in [1.807, 2.05) is 12.3 Å². The van der Waals surface area contributed by atoms with Crippen LogP contribution in [-0.2, 0) is 4.79 Å². The maximum Gasteiger partial charge on any atom is 0.170 e. The summed E-state index contributed by atoms with van der Waals surface area (Å²) in [5, 5.41) is 0. The summed E-state index contributed by atoms with van der Waals surface area (Å²) in [5.74, 6) is 0.314. The second-order valence-electron chi connectivity index (χ2n) is 2.94. The average Bonchev–Trinajstić information content (AvgIpc) is 2.19. The minimum atomic E-state index is -0.0929. The largest absolute Gasteiger partial charge is 0.298 e. The van der Waals surface area contributed by atoms with Crippen molar-refractivity contribution >= 4 is 23.3 Å². The number of carbonyl (C=O) groups is 2. The standard InChI is InChI=1S/C11H12O2S/c1-14-8-10(12)7-11(13)9-5-3-2-4-6-9/h2-6H,7-8H2,1H3. The van der Waals surface area contributed by atoms with Crippen LogP contribution < -0.4 is 0 Å². The average molecular weight is 208 g/mol. The molecular formula is C11H12O2S. The first-order valence-corrected chi connectivity index (χ1v) is 5.72. The molecule has 0 aliphatic rings. The van der Waals surface area contributed by atoms with Gasteiger partial charge in [0.25, 0.3) is 0 Å². The van der Waals surface area contributed by atoms with E-state index in [1.165, 1.54) is 11.8 Å². The third-order valence-corrected chi connectivity index (χ3v) is 2.37. The summed E-state index contributed by atoms with van der Waals surface area (Å²) >= 11 is 1.45. The Hall–Kier alpha value is -1.09. The summed E-state index contributed by atoms with van der Waals surface area (Å²) in [6, 6.07) is 8.91. The Bertz CT molecular complexity index is 319. The number of ketones is 2. The van der Waals surface area contributed by atoms with Crippen LogP contribution in [0, 0.1) is 0 Å². The fraction of sp³-hybridized carbons (Fsp3) is 0.273. The minimum absolute atomic E-state index is 0.00801. The van der Waals surface area contributed by atoms with Crippen LogP contribution in [0.3, 0.4) is 0 Å². The van der Waals surface area contributed by atoms with Gasteiger partial charge in [-0.2, -0.15) is 11.8 Å². The zero-order chi connectivity index (χ0) is 10.4. The zero-order valence-corrected chi connectivity index (χ0v) is 8.84. The molecule has 14 heavy (non-hydrogen) atoms. The third-order valence-electron chi connectivity index (χ3n) is 1.76. The Morgan fingerprint density at radius 3 is 2.43 bits per heavy atom. The summed E-state index contributed by atoms with van der Waals surface area (Å²) in [6.07, 6.45) is 1.87. The van der Waals surface area contributed by atoms with Crippen molar-refractivity contribution in [3.63, 3.8) is 0 Å². The van der Waals surface area contributed by atoms with Crippen molar-refractivity contribution in [2.45, 2.75) is 6.42 Å². The van der Waals surface area contributed by atoms with E-state index in [2.05, 4.69) is 0 Å². The highest BCUT2D eigenvalue weighted by Crippen LogP contribution is 2.05. The van der Waals surface area contributed by atoms with Gasteiger partial charge in [-0.1, -0.05) is 30.3 Å². The molecule has 0 spiro atoms. The third kappa shape index (κ3) is 3.34. The van der Waals surface area contributed by atoms with Crippen molar-refractivity contribution in [3.8, 4) is 0 Å². The molecule has 0 aromatic heterocycles. The number of carbonyl (C=O) groups excluding carboxylic acids is 2. The van der Waals surface area contributed by atoms with Crippen LogP contribution in [0.4, 0.5) is 0 Å². The van der Waals surface area contributed by atoms with Crippen molar-refractivity contribution in [2.24, 2.45) is 0 Å². The number of benzene rings is 1. The topological polar surface area (TPSA) is 34.1 Å². The number of thioether (sulfide) groups is 1. The van der Waals surface area contributed by atoms with Gasteiger partial charge >= 0.3 is 0 Å². The highest BCUT2D eigenvalue weighted by atomic mass is 32.2. The molecular weight excluding hydrogens is 196 g/mol. The fourth-order valence-corrected chi connectivity index (χ4v) is 1.54. The highest BCUT2D eigenvalue weighted by molar-refractivity contribution is 7.99. The predicted molar refractivity (Wildman–Crippen MR) is 58.8 cm³/mol. The maximum atomic E-state index is 11.5. The molecule has 0 unspecified atom stereocenters. The van der Waals surface area contributed by atoms with Crippen molar-refractivity contribution in [1.82, 2.24) is 0 Å². The van der Waals surface area contributed by atoms with Gasteiger partial charge < -0.3 is 0 Å². The summed E-state index contributed by atoms with van der Waals surface area (Å²) in [7, 11) is 0. The minimum Gasteiger partial charge on any atom is -0.298 e. The molecule has 0 N–H and O–H groups in total. The Labute approximate surface area is 87.7 Å². The van der Waals surface area contributed by atoms with Crippen LogP contribution in [0.25, 0.3) is 0 Å². The molecule has 1 rings (SSSR count). The number of Topliss-reactive ketones (excluding diaryl/α,β-unsaturated/α-hetero) is 2. The SMILES string of the molecule is CSCC(=O)CC(=O)c1ccccc1. The van der Waals surface area contributed by atoms with E-state index in [0.717, 1.165) is 0 Å². The van der Waals surface area contributed by atoms with Gasteiger partial charge in [-0.15, -0.1) is 0 Å². The Balaban J connectivity index is 2.55. The monoisotopic (exact) mass is 208 g/mol. The van der Waals surface area contributed by atoms with E-state index < -0.39 is 0 Å². The molecule has 74 valence electrons. The maximum absolute atomic E-state index is 11.5. The lowest BCUT2D eigenvalue weighted by atomic mass is 10.1. The number of hydrogen-bond acceptors (Lipinski definition) is 3. The Kier molecular flexibility index (Phi) is 4.40. The lowest BCUT2D eigenvalue weighted by molar-refractivity contribution is -0.115. The first-order valence-electron chi connectivity index (χ1n) is 4.33. The molecule has 0 bridgehead atoms. The van der Waals surface area contributed by atoms with Crippen LogP contribution in [-0.4, -0.2) is 23.6 Å². The summed E-state index contributed by atoms with van der Waals surface area (Å²) in [6.45, 7) is 0. The van der Waals surface area contributed by atoms with Crippen molar-refractivity contribution in [2.75, 3.05) is 12.0 Å². The van der Waals surface area contributed by atoms with Crippen LogP contribution >= 0.6 is 11.8 Å².